The Labute approximate surface area is 157 Å². The third-order valence-corrected chi connectivity index (χ3v) is 4.13. The summed E-state index contributed by atoms with van der Waals surface area (Å²) < 4.78 is 0. The highest BCUT2D eigenvalue weighted by molar-refractivity contribution is 6.22. The van der Waals surface area contributed by atoms with Gasteiger partial charge in [-0.15, -0.1) is 0 Å². The first kappa shape index (κ1) is 20.4. The summed E-state index contributed by atoms with van der Waals surface area (Å²) >= 11 is 0. The molecule has 1 atom stereocenters. The monoisotopic (exact) mass is 375 g/mol. The zero-order chi connectivity index (χ0) is 20.5. The predicted octanol–water partition coefficient (Wildman–Crippen LogP) is 2.70. The zero-order valence-electron chi connectivity index (χ0n) is 16.1. The van der Waals surface area contributed by atoms with Gasteiger partial charge in [0, 0.05) is 11.2 Å². The van der Waals surface area contributed by atoms with Crippen LogP contribution in [0.5, 0.6) is 0 Å². The number of carboxylic acid groups (broad SMARTS) is 1. The van der Waals surface area contributed by atoms with Crippen LogP contribution in [0.3, 0.4) is 0 Å². The molecule has 1 aliphatic heterocycles. The number of amides is 4. The first-order chi connectivity index (χ1) is 12.4. The van der Waals surface area contributed by atoms with E-state index in [1.807, 2.05) is 13.8 Å². The van der Waals surface area contributed by atoms with E-state index in [-0.39, 0.29) is 23.0 Å². The van der Waals surface area contributed by atoms with Crippen LogP contribution in [0, 0.1) is 5.92 Å². The number of anilines is 1. The number of rotatable bonds is 5. The molecular formula is C19H25N3O5. The summed E-state index contributed by atoms with van der Waals surface area (Å²) in [6.07, 6.45) is 0.292. The molecule has 0 aromatic heterocycles. The number of carbonyl (C=O) groups is 4. The van der Waals surface area contributed by atoms with Crippen molar-refractivity contribution in [2.45, 2.75) is 52.6 Å². The minimum atomic E-state index is -1.12. The zero-order valence-corrected chi connectivity index (χ0v) is 16.1. The van der Waals surface area contributed by atoms with E-state index >= 15 is 0 Å². The average Bonchev–Trinajstić information content (AvgIpc) is 2.76. The van der Waals surface area contributed by atoms with E-state index in [2.05, 4.69) is 10.6 Å². The molecule has 1 unspecified atom stereocenters. The van der Waals surface area contributed by atoms with Crippen LogP contribution in [0.1, 0.15) is 61.8 Å². The Hall–Kier alpha value is -2.90. The summed E-state index contributed by atoms with van der Waals surface area (Å²) in [6.45, 7) is 9.02. The Balaban J connectivity index is 2.16. The average molecular weight is 375 g/mol. The fraction of sp³-hybridized carbons (Fsp3) is 0.474. The normalized spacial score (nSPS) is 15.0. The van der Waals surface area contributed by atoms with Crippen molar-refractivity contribution in [3.63, 3.8) is 0 Å². The number of urea groups is 1. The quantitative estimate of drug-likeness (QED) is 0.684. The topological polar surface area (TPSA) is 116 Å². The van der Waals surface area contributed by atoms with Crippen molar-refractivity contribution in [1.82, 2.24) is 10.2 Å². The van der Waals surface area contributed by atoms with E-state index in [0.29, 0.717) is 12.1 Å². The summed E-state index contributed by atoms with van der Waals surface area (Å²) in [6, 6.07) is 2.72. The van der Waals surface area contributed by atoms with Gasteiger partial charge >= 0.3 is 12.0 Å². The highest BCUT2D eigenvalue weighted by Gasteiger charge is 2.41. The van der Waals surface area contributed by atoms with Crippen molar-refractivity contribution < 1.29 is 24.3 Å². The van der Waals surface area contributed by atoms with Gasteiger partial charge < -0.3 is 15.7 Å². The molecule has 0 radical (unpaired) electrons. The van der Waals surface area contributed by atoms with Gasteiger partial charge in [-0.25, -0.2) is 9.59 Å². The van der Waals surface area contributed by atoms with Gasteiger partial charge in [0.05, 0.1) is 11.1 Å². The first-order valence-electron chi connectivity index (χ1n) is 8.75. The molecule has 27 heavy (non-hydrogen) atoms. The van der Waals surface area contributed by atoms with Crippen LogP contribution in [0.2, 0.25) is 0 Å². The molecule has 1 heterocycles. The van der Waals surface area contributed by atoms with Gasteiger partial charge in [-0.2, -0.15) is 0 Å². The molecule has 1 aromatic carbocycles. The number of aliphatic carboxylic acids is 1. The van der Waals surface area contributed by atoms with Crippen LogP contribution in [0.4, 0.5) is 10.5 Å². The standard InChI is InChI=1S/C19H25N3O5/c1-10(2)8-14(17(25)26)21-18(27)20-11-6-7-12-13(9-11)16(24)22(15(12)23)19(3,4)5/h6-7,9-10,14H,8H2,1-5H3,(H,25,26)(H2,20,21,27). The maximum Gasteiger partial charge on any atom is 0.326 e. The fourth-order valence-corrected chi connectivity index (χ4v) is 2.95. The van der Waals surface area contributed by atoms with E-state index < -0.39 is 29.5 Å². The van der Waals surface area contributed by atoms with Gasteiger partial charge in [-0.3, -0.25) is 14.5 Å². The number of carboxylic acids is 1. The number of hydrogen-bond donors (Lipinski definition) is 3. The SMILES string of the molecule is CC(C)CC(NC(=O)Nc1ccc2c(c1)C(=O)N(C(C)(C)C)C2=O)C(=O)O. The number of benzene rings is 1. The second-order valence-corrected chi connectivity index (χ2v) is 8.00. The van der Waals surface area contributed by atoms with E-state index in [1.165, 1.54) is 23.1 Å². The minimum Gasteiger partial charge on any atom is -0.480 e. The van der Waals surface area contributed by atoms with Crippen molar-refractivity contribution in [2.24, 2.45) is 5.92 Å². The maximum atomic E-state index is 12.6. The molecule has 146 valence electrons. The van der Waals surface area contributed by atoms with Crippen molar-refractivity contribution in [3.05, 3.63) is 29.3 Å². The molecule has 0 saturated carbocycles. The first-order valence-corrected chi connectivity index (χ1v) is 8.75. The van der Waals surface area contributed by atoms with Gasteiger partial charge in [0.1, 0.15) is 6.04 Å². The molecule has 0 saturated heterocycles. The summed E-state index contributed by atoms with van der Waals surface area (Å²) in [7, 11) is 0. The summed E-state index contributed by atoms with van der Waals surface area (Å²) in [5.41, 5.74) is 0.134. The van der Waals surface area contributed by atoms with Crippen molar-refractivity contribution in [1.29, 1.82) is 0 Å². The summed E-state index contributed by atoms with van der Waals surface area (Å²) in [5.74, 6) is -1.82. The van der Waals surface area contributed by atoms with E-state index in [4.69, 9.17) is 0 Å². The lowest BCUT2D eigenvalue weighted by atomic mass is 10.0. The van der Waals surface area contributed by atoms with Gasteiger partial charge in [-0.05, 0) is 51.3 Å². The Bertz CT molecular complexity index is 795. The highest BCUT2D eigenvalue weighted by atomic mass is 16.4. The third-order valence-electron chi connectivity index (χ3n) is 4.13. The Morgan fingerprint density at radius 1 is 1.11 bits per heavy atom. The van der Waals surface area contributed by atoms with Crippen LogP contribution in [-0.2, 0) is 4.79 Å². The second-order valence-electron chi connectivity index (χ2n) is 8.00. The highest BCUT2D eigenvalue weighted by Crippen LogP contribution is 2.30. The van der Waals surface area contributed by atoms with Crippen LogP contribution in [-0.4, -0.2) is 45.4 Å². The Kier molecular flexibility index (Phi) is 5.58. The Morgan fingerprint density at radius 2 is 1.70 bits per heavy atom. The molecule has 0 bridgehead atoms. The molecule has 8 heteroatoms. The smallest absolute Gasteiger partial charge is 0.326 e. The van der Waals surface area contributed by atoms with Crippen LogP contribution in [0.25, 0.3) is 0 Å². The molecule has 0 aliphatic carbocycles. The molecule has 3 N–H and O–H groups in total. The number of imide groups is 1. The molecule has 0 spiro atoms. The van der Waals surface area contributed by atoms with E-state index in [0.717, 1.165) is 0 Å². The molecule has 1 aromatic rings. The summed E-state index contributed by atoms with van der Waals surface area (Å²) in [4.78, 5) is 49.6. The van der Waals surface area contributed by atoms with Gasteiger partial charge in [0.25, 0.3) is 11.8 Å². The predicted molar refractivity (Wildman–Crippen MR) is 99.7 cm³/mol. The van der Waals surface area contributed by atoms with Crippen LogP contribution >= 0.6 is 0 Å². The van der Waals surface area contributed by atoms with Crippen LogP contribution in [0.15, 0.2) is 18.2 Å². The second kappa shape index (κ2) is 7.38. The van der Waals surface area contributed by atoms with Crippen LogP contribution < -0.4 is 10.6 Å². The Morgan fingerprint density at radius 3 is 2.22 bits per heavy atom. The van der Waals surface area contributed by atoms with Gasteiger partial charge in [0.15, 0.2) is 0 Å². The number of hydrogen-bond acceptors (Lipinski definition) is 4. The fourth-order valence-electron chi connectivity index (χ4n) is 2.95. The number of carbonyl (C=O) groups excluding carboxylic acids is 3. The van der Waals surface area contributed by atoms with Gasteiger partial charge in [0.2, 0.25) is 0 Å². The number of nitrogens with zero attached hydrogens (tertiary/aromatic N) is 1. The lowest BCUT2D eigenvalue weighted by Crippen LogP contribution is -2.45. The largest absolute Gasteiger partial charge is 0.480 e. The number of fused-ring (bicyclic) bond motifs is 1. The van der Waals surface area contributed by atoms with Crippen molar-refractivity contribution >= 4 is 29.5 Å². The molecule has 1 aliphatic rings. The van der Waals surface area contributed by atoms with E-state index in [1.54, 1.807) is 20.8 Å². The summed E-state index contributed by atoms with van der Waals surface area (Å²) in [5, 5.41) is 14.1. The van der Waals surface area contributed by atoms with Crippen molar-refractivity contribution in [2.75, 3.05) is 5.32 Å². The minimum absolute atomic E-state index is 0.0957. The lowest BCUT2D eigenvalue weighted by molar-refractivity contribution is -0.139. The number of nitrogens with one attached hydrogen (secondary N) is 2. The molecule has 4 amide bonds. The third kappa shape index (κ3) is 4.45. The maximum absolute atomic E-state index is 12.6. The lowest BCUT2D eigenvalue weighted by Gasteiger charge is -2.29. The van der Waals surface area contributed by atoms with Gasteiger partial charge in [-0.1, -0.05) is 13.8 Å². The molecule has 8 nitrogen and oxygen atoms in total. The molecule has 0 fully saturated rings. The molecule has 2 rings (SSSR count). The van der Waals surface area contributed by atoms with E-state index in [9.17, 15) is 24.3 Å². The van der Waals surface area contributed by atoms with Crippen molar-refractivity contribution in [3.8, 4) is 0 Å². The molecular weight excluding hydrogens is 350 g/mol.